The van der Waals surface area contributed by atoms with Crippen LogP contribution in [-0.4, -0.2) is 95.8 Å². The molecule has 30 heavy (non-hydrogen) atoms. The SMILES string of the molecule is CCOC(C)OCCOC.CCOC(C)OCCOC.OP(O)(O)=S.OP(O)(O)=S. The van der Waals surface area contributed by atoms with E-state index in [0.717, 1.165) is 0 Å². The summed E-state index contributed by atoms with van der Waals surface area (Å²) in [5, 5.41) is 0. The zero-order chi connectivity index (χ0) is 24.6. The monoisotopic (exact) mass is 524 g/mol. The van der Waals surface area contributed by atoms with Crippen LogP contribution in [0.2, 0.25) is 0 Å². The fraction of sp³-hybridized carbons (Fsp3) is 1.00. The van der Waals surface area contributed by atoms with Gasteiger partial charge >= 0.3 is 13.4 Å². The van der Waals surface area contributed by atoms with E-state index in [1.165, 1.54) is 0 Å². The standard InChI is InChI=1S/2C7H16O3.2H3O3PS/c2*1-4-9-7(2)10-6-5-8-3;2*1-4(2,3)5/h2*7H,4-6H2,1-3H3;2*(H3,1,2,3,5). The van der Waals surface area contributed by atoms with Crippen LogP contribution in [0.25, 0.3) is 0 Å². The highest BCUT2D eigenvalue weighted by Crippen LogP contribution is 2.26. The lowest BCUT2D eigenvalue weighted by molar-refractivity contribution is -0.134. The van der Waals surface area contributed by atoms with Gasteiger partial charge in [-0.3, -0.25) is 0 Å². The molecule has 6 N–H and O–H groups in total. The zero-order valence-corrected chi connectivity index (χ0v) is 21.7. The average Bonchev–Trinajstić information content (AvgIpc) is 2.53. The molecule has 0 aliphatic carbocycles. The second-order valence-electron chi connectivity index (χ2n) is 4.80. The summed E-state index contributed by atoms with van der Waals surface area (Å²) in [6, 6.07) is 0. The van der Waals surface area contributed by atoms with Crippen molar-refractivity contribution in [3.8, 4) is 0 Å². The molecular weight excluding hydrogens is 486 g/mol. The van der Waals surface area contributed by atoms with Crippen LogP contribution in [0.15, 0.2) is 0 Å². The van der Waals surface area contributed by atoms with E-state index >= 15 is 0 Å². The van der Waals surface area contributed by atoms with Crippen molar-refractivity contribution in [2.75, 3.05) is 53.9 Å². The molecule has 2 atom stereocenters. The van der Waals surface area contributed by atoms with Crippen LogP contribution in [0, 0.1) is 0 Å². The Hall–Kier alpha value is 0.820. The average molecular weight is 525 g/mol. The van der Waals surface area contributed by atoms with E-state index in [1.54, 1.807) is 14.2 Å². The molecule has 2 unspecified atom stereocenters. The minimum Gasteiger partial charge on any atom is -0.382 e. The van der Waals surface area contributed by atoms with Gasteiger partial charge in [-0.15, -0.1) is 0 Å². The first-order chi connectivity index (χ1) is 13.6. The lowest BCUT2D eigenvalue weighted by Crippen LogP contribution is -2.15. The van der Waals surface area contributed by atoms with E-state index in [2.05, 4.69) is 23.6 Å². The second kappa shape index (κ2) is 26.1. The molecule has 188 valence electrons. The summed E-state index contributed by atoms with van der Waals surface area (Å²) in [5.74, 6) is 0. The van der Waals surface area contributed by atoms with Crippen LogP contribution in [0.4, 0.5) is 0 Å². The van der Waals surface area contributed by atoms with E-state index in [4.69, 9.17) is 57.8 Å². The van der Waals surface area contributed by atoms with Crippen molar-refractivity contribution in [2.24, 2.45) is 0 Å². The Balaban J connectivity index is -0.000000159. The van der Waals surface area contributed by atoms with Crippen molar-refractivity contribution < 1.29 is 57.8 Å². The third-order valence-electron chi connectivity index (χ3n) is 2.08. The second-order valence-corrected chi connectivity index (χ2v) is 9.79. The third kappa shape index (κ3) is 78.8. The molecule has 0 bridgehead atoms. The smallest absolute Gasteiger partial charge is 0.319 e. The van der Waals surface area contributed by atoms with Gasteiger partial charge in [-0.05, 0) is 51.3 Å². The maximum Gasteiger partial charge on any atom is 0.319 e. The summed E-state index contributed by atoms with van der Waals surface area (Å²) in [5.41, 5.74) is 0. The van der Waals surface area contributed by atoms with Gasteiger partial charge in [0.1, 0.15) is 0 Å². The summed E-state index contributed by atoms with van der Waals surface area (Å²) in [6.45, 7) is 3.83. The lowest BCUT2D eigenvalue weighted by atomic mass is 10.7. The fourth-order valence-corrected chi connectivity index (χ4v) is 1.16. The number of ether oxygens (including phenoxy) is 6. The first-order valence-electron chi connectivity index (χ1n) is 8.63. The fourth-order valence-electron chi connectivity index (χ4n) is 1.16. The van der Waals surface area contributed by atoms with Crippen molar-refractivity contribution in [3.05, 3.63) is 0 Å². The van der Waals surface area contributed by atoms with Crippen LogP contribution < -0.4 is 0 Å². The molecular formula is C14H38O12P2S2. The Morgan fingerprint density at radius 3 is 1.00 bits per heavy atom. The zero-order valence-electron chi connectivity index (χ0n) is 18.2. The van der Waals surface area contributed by atoms with E-state index in [1.807, 2.05) is 27.7 Å². The van der Waals surface area contributed by atoms with Gasteiger partial charge in [0.15, 0.2) is 12.6 Å². The van der Waals surface area contributed by atoms with Crippen molar-refractivity contribution in [1.82, 2.24) is 0 Å². The van der Waals surface area contributed by atoms with Gasteiger partial charge in [0.25, 0.3) is 0 Å². The predicted octanol–water partition coefficient (Wildman–Crippen LogP) is 0.439. The Bertz CT molecular complexity index is 367. The molecule has 0 radical (unpaired) electrons. The van der Waals surface area contributed by atoms with Crippen LogP contribution in [0.3, 0.4) is 0 Å². The van der Waals surface area contributed by atoms with Gasteiger partial charge in [-0.2, -0.15) is 0 Å². The molecule has 12 nitrogen and oxygen atoms in total. The third-order valence-corrected chi connectivity index (χ3v) is 2.08. The predicted molar refractivity (Wildman–Crippen MR) is 120 cm³/mol. The van der Waals surface area contributed by atoms with Crippen LogP contribution >= 0.6 is 13.4 Å². The molecule has 0 aromatic rings. The quantitative estimate of drug-likeness (QED) is 0.118. The van der Waals surface area contributed by atoms with Crippen molar-refractivity contribution >= 4 is 37.1 Å². The first-order valence-corrected chi connectivity index (χ1v) is 13.9. The van der Waals surface area contributed by atoms with Crippen molar-refractivity contribution in [3.63, 3.8) is 0 Å². The van der Waals surface area contributed by atoms with Crippen LogP contribution in [0.5, 0.6) is 0 Å². The maximum atomic E-state index is 7.56. The van der Waals surface area contributed by atoms with Gasteiger partial charge in [0.05, 0.1) is 26.4 Å². The minimum absolute atomic E-state index is 0.111. The summed E-state index contributed by atoms with van der Waals surface area (Å²) >= 11 is 7.21. The molecule has 0 aromatic carbocycles. The van der Waals surface area contributed by atoms with E-state index < -0.39 is 13.4 Å². The maximum absolute atomic E-state index is 7.56. The topological polar surface area (TPSA) is 177 Å². The molecule has 0 spiro atoms. The van der Waals surface area contributed by atoms with Gasteiger partial charge in [0, 0.05) is 27.4 Å². The summed E-state index contributed by atoms with van der Waals surface area (Å²) in [4.78, 5) is 45.3. The molecule has 0 saturated heterocycles. The van der Waals surface area contributed by atoms with Crippen molar-refractivity contribution in [1.29, 1.82) is 0 Å². The highest BCUT2D eigenvalue weighted by Gasteiger charge is 1.98. The molecule has 0 aromatic heterocycles. The van der Waals surface area contributed by atoms with E-state index in [9.17, 15) is 0 Å². The number of hydrogen-bond donors (Lipinski definition) is 6. The van der Waals surface area contributed by atoms with Crippen LogP contribution in [0.1, 0.15) is 27.7 Å². The van der Waals surface area contributed by atoms with Gasteiger partial charge in [-0.1, -0.05) is 0 Å². The normalized spacial score (nSPS) is 12.9. The Kier molecular flexibility index (Phi) is 33.1. The Morgan fingerprint density at radius 1 is 0.600 bits per heavy atom. The van der Waals surface area contributed by atoms with Gasteiger partial charge in [-0.25, -0.2) is 0 Å². The Morgan fingerprint density at radius 2 is 0.833 bits per heavy atom. The first kappa shape index (κ1) is 38.1. The van der Waals surface area contributed by atoms with Gasteiger partial charge < -0.3 is 57.8 Å². The molecule has 0 aliphatic rings. The van der Waals surface area contributed by atoms with Gasteiger partial charge in [0.2, 0.25) is 0 Å². The molecule has 0 rings (SSSR count). The summed E-state index contributed by atoms with van der Waals surface area (Å²) in [7, 11) is 3.30. The number of methoxy groups -OCH3 is 2. The number of hydrogen-bond acceptors (Lipinski definition) is 8. The lowest BCUT2D eigenvalue weighted by Gasteiger charge is -2.11. The highest BCUT2D eigenvalue weighted by molar-refractivity contribution is 8.06. The van der Waals surface area contributed by atoms with E-state index in [-0.39, 0.29) is 12.6 Å². The summed E-state index contributed by atoms with van der Waals surface area (Å²) < 4.78 is 30.2. The molecule has 0 heterocycles. The number of rotatable bonds is 12. The highest BCUT2D eigenvalue weighted by atomic mass is 32.5. The molecule has 16 heteroatoms. The largest absolute Gasteiger partial charge is 0.382 e. The van der Waals surface area contributed by atoms with Crippen LogP contribution in [-0.2, 0) is 52.0 Å². The van der Waals surface area contributed by atoms with E-state index in [0.29, 0.717) is 39.6 Å². The molecule has 0 amide bonds. The molecule has 0 aliphatic heterocycles. The Labute approximate surface area is 189 Å². The summed E-state index contributed by atoms with van der Waals surface area (Å²) in [6.07, 6.45) is -0.222. The van der Waals surface area contributed by atoms with Crippen molar-refractivity contribution in [2.45, 2.75) is 40.3 Å². The molecule has 0 fully saturated rings. The molecule has 0 saturated carbocycles. The minimum atomic E-state index is -3.81.